The van der Waals surface area contributed by atoms with E-state index in [2.05, 4.69) is 15.4 Å². The number of hydrogen-bond acceptors (Lipinski definition) is 4. The number of rotatable bonds is 4. The molecule has 0 fully saturated rings. The van der Waals surface area contributed by atoms with Crippen LogP contribution in [0.2, 0.25) is 0 Å². The van der Waals surface area contributed by atoms with E-state index in [0.717, 1.165) is 22.7 Å². The summed E-state index contributed by atoms with van der Waals surface area (Å²) in [4.78, 5) is 29.5. The first-order chi connectivity index (χ1) is 13.1. The molecule has 1 aliphatic rings. The molecule has 0 bridgehead atoms. The number of fused-ring (bicyclic) bond motifs is 2. The monoisotopic (exact) mass is 368 g/mol. The van der Waals surface area contributed by atoms with Crippen molar-refractivity contribution in [3.05, 3.63) is 46.4 Å². The molecule has 0 saturated heterocycles. The number of amides is 1. The number of benzene rings is 1. The lowest BCUT2D eigenvalue weighted by Gasteiger charge is -2.14. The van der Waals surface area contributed by atoms with Gasteiger partial charge in [0.2, 0.25) is 5.91 Å². The van der Waals surface area contributed by atoms with Crippen LogP contribution in [0.15, 0.2) is 29.1 Å². The van der Waals surface area contributed by atoms with E-state index in [9.17, 15) is 9.59 Å². The third-order valence-corrected chi connectivity index (χ3v) is 5.39. The first-order valence-corrected chi connectivity index (χ1v) is 9.43. The highest BCUT2D eigenvalue weighted by Crippen LogP contribution is 2.19. The van der Waals surface area contributed by atoms with E-state index in [-0.39, 0.29) is 17.5 Å². The van der Waals surface area contributed by atoms with Crippen LogP contribution in [0.4, 0.5) is 0 Å². The van der Waals surface area contributed by atoms with Gasteiger partial charge in [0.05, 0.1) is 17.6 Å². The summed E-state index contributed by atoms with van der Waals surface area (Å²) in [6.07, 6.45) is 2.00. The maximum absolute atomic E-state index is 12.7. The molecule has 1 unspecified atom stereocenters. The van der Waals surface area contributed by atoms with Crippen LogP contribution in [0, 0.1) is 5.92 Å². The zero-order valence-corrected chi connectivity index (χ0v) is 15.7. The van der Waals surface area contributed by atoms with E-state index in [4.69, 9.17) is 0 Å². The quantitative estimate of drug-likeness (QED) is 0.750. The van der Waals surface area contributed by atoms with Gasteiger partial charge in [-0.1, -0.05) is 12.1 Å². The van der Waals surface area contributed by atoms with Crippen molar-refractivity contribution in [2.24, 2.45) is 13.0 Å². The summed E-state index contributed by atoms with van der Waals surface area (Å²) in [5, 5.41) is 7.39. The van der Waals surface area contributed by atoms with Gasteiger partial charge in [-0.3, -0.25) is 9.36 Å². The van der Waals surface area contributed by atoms with E-state index >= 15 is 0 Å². The standard InChI is InChI=1S/C19H24N6O2/c1-3-25-19(27)24-11-10-13(8-9-16(24)22-25)18(26)20-12-17-21-14-6-4-5-7-15(14)23(17)2/h4-7,13H,3,8-12H2,1-2H3,(H,20,26). The fourth-order valence-electron chi connectivity index (χ4n) is 3.76. The van der Waals surface area contributed by atoms with Crippen molar-refractivity contribution < 1.29 is 4.79 Å². The summed E-state index contributed by atoms with van der Waals surface area (Å²) in [6, 6.07) is 7.92. The van der Waals surface area contributed by atoms with Gasteiger partial charge in [0.1, 0.15) is 11.6 Å². The molecule has 1 aliphatic heterocycles. The molecule has 27 heavy (non-hydrogen) atoms. The Morgan fingerprint density at radius 2 is 2.11 bits per heavy atom. The summed E-state index contributed by atoms with van der Waals surface area (Å²) in [5.74, 6) is 1.52. The second-order valence-electron chi connectivity index (χ2n) is 6.98. The van der Waals surface area contributed by atoms with E-state index in [1.165, 1.54) is 4.68 Å². The highest BCUT2D eigenvalue weighted by Gasteiger charge is 2.25. The number of carbonyl (C=O) groups excluding carboxylic acids is 1. The maximum Gasteiger partial charge on any atom is 0.345 e. The molecule has 2 aromatic heterocycles. The minimum atomic E-state index is -0.115. The molecule has 3 aromatic rings. The fraction of sp³-hybridized carbons (Fsp3) is 0.474. The van der Waals surface area contributed by atoms with Crippen LogP contribution < -0.4 is 11.0 Å². The summed E-state index contributed by atoms with van der Waals surface area (Å²) in [6.45, 7) is 3.42. The Balaban J connectivity index is 1.41. The summed E-state index contributed by atoms with van der Waals surface area (Å²) < 4.78 is 5.20. The topological polar surface area (TPSA) is 86.7 Å². The second-order valence-corrected chi connectivity index (χ2v) is 6.98. The van der Waals surface area contributed by atoms with Gasteiger partial charge in [0.25, 0.3) is 0 Å². The van der Waals surface area contributed by atoms with Crippen LogP contribution >= 0.6 is 0 Å². The number of aromatic nitrogens is 5. The first-order valence-electron chi connectivity index (χ1n) is 9.43. The highest BCUT2D eigenvalue weighted by molar-refractivity contribution is 5.79. The summed E-state index contributed by atoms with van der Waals surface area (Å²) >= 11 is 0. The largest absolute Gasteiger partial charge is 0.349 e. The summed E-state index contributed by atoms with van der Waals surface area (Å²) in [5.41, 5.74) is 1.90. The van der Waals surface area contributed by atoms with E-state index in [0.29, 0.717) is 38.9 Å². The Hall–Kier alpha value is -2.90. The number of imidazole rings is 1. The van der Waals surface area contributed by atoms with Crippen molar-refractivity contribution in [2.75, 3.05) is 0 Å². The van der Waals surface area contributed by atoms with Gasteiger partial charge in [0.15, 0.2) is 0 Å². The zero-order chi connectivity index (χ0) is 19.0. The van der Waals surface area contributed by atoms with Crippen LogP contribution in [0.3, 0.4) is 0 Å². The number of carbonyl (C=O) groups is 1. The highest BCUT2D eigenvalue weighted by atomic mass is 16.2. The molecule has 1 atom stereocenters. The molecule has 8 heteroatoms. The average molecular weight is 368 g/mol. The lowest BCUT2D eigenvalue weighted by atomic mass is 9.99. The van der Waals surface area contributed by atoms with Crippen molar-refractivity contribution in [1.29, 1.82) is 0 Å². The third kappa shape index (κ3) is 3.15. The van der Waals surface area contributed by atoms with Crippen molar-refractivity contribution in [1.82, 2.24) is 29.2 Å². The average Bonchev–Trinajstić information content (AvgIpc) is 3.07. The van der Waals surface area contributed by atoms with Crippen molar-refractivity contribution in [3.63, 3.8) is 0 Å². The lowest BCUT2D eigenvalue weighted by molar-refractivity contribution is -0.125. The van der Waals surface area contributed by atoms with Crippen LogP contribution in [-0.2, 0) is 37.9 Å². The molecule has 1 aromatic carbocycles. The smallest absolute Gasteiger partial charge is 0.345 e. The number of nitrogens with one attached hydrogen (secondary N) is 1. The Bertz CT molecular complexity index is 1040. The van der Waals surface area contributed by atoms with Crippen molar-refractivity contribution >= 4 is 16.9 Å². The maximum atomic E-state index is 12.7. The molecule has 0 radical (unpaired) electrons. The van der Waals surface area contributed by atoms with Crippen molar-refractivity contribution in [2.45, 2.75) is 45.8 Å². The predicted molar refractivity (Wildman–Crippen MR) is 101 cm³/mol. The Morgan fingerprint density at radius 1 is 1.30 bits per heavy atom. The molecule has 0 spiro atoms. The van der Waals surface area contributed by atoms with Crippen LogP contribution in [0.1, 0.15) is 31.4 Å². The van der Waals surface area contributed by atoms with Gasteiger partial charge in [0, 0.05) is 32.5 Å². The number of nitrogens with zero attached hydrogens (tertiary/aromatic N) is 5. The van der Waals surface area contributed by atoms with Crippen LogP contribution in [0.25, 0.3) is 11.0 Å². The molecule has 3 heterocycles. The lowest BCUT2D eigenvalue weighted by Crippen LogP contribution is -2.32. The SMILES string of the molecule is CCn1nc2n(c1=O)CCC(C(=O)NCc1nc3ccccc3n1C)CC2. The minimum Gasteiger partial charge on any atom is -0.349 e. The number of aryl methyl sites for hydroxylation is 3. The predicted octanol–water partition coefficient (Wildman–Crippen LogP) is 1.22. The fourth-order valence-corrected chi connectivity index (χ4v) is 3.76. The van der Waals surface area contributed by atoms with Gasteiger partial charge >= 0.3 is 5.69 Å². The van der Waals surface area contributed by atoms with Gasteiger partial charge in [-0.2, -0.15) is 5.10 Å². The summed E-state index contributed by atoms with van der Waals surface area (Å²) in [7, 11) is 1.96. The third-order valence-electron chi connectivity index (χ3n) is 5.39. The normalized spacial score (nSPS) is 16.9. The second kappa shape index (κ2) is 7.02. The van der Waals surface area contributed by atoms with Crippen LogP contribution in [0.5, 0.6) is 0 Å². The van der Waals surface area contributed by atoms with Gasteiger partial charge in [-0.15, -0.1) is 0 Å². The van der Waals surface area contributed by atoms with E-state index < -0.39 is 0 Å². The minimum absolute atomic E-state index is 0.0172. The molecular formula is C19H24N6O2. The molecule has 142 valence electrons. The van der Waals surface area contributed by atoms with E-state index in [1.54, 1.807) is 4.57 Å². The van der Waals surface area contributed by atoms with Crippen LogP contribution in [-0.4, -0.2) is 29.8 Å². The molecular weight excluding hydrogens is 344 g/mol. The van der Waals surface area contributed by atoms with Crippen molar-refractivity contribution in [3.8, 4) is 0 Å². The zero-order valence-electron chi connectivity index (χ0n) is 15.7. The van der Waals surface area contributed by atoms with Gasteiger partial charge < -0.3 is 9.88 Å². The molecule has 8 nitrogen and oxygen atoms in total. The molecule has 0 saturated carbocycles. The van der Waals surface area contributed by atoms with Gasteiger partial charge in [-0.05, 0) is 31.9 Å². The Kier molecular flexibility index (Phi) is 4.55. The molecule has 0 aliphatic carbocycles. The molecule has 4 rings (SSSR count). The van der Waals surface area contributed by atoms with Gasteiger partial charge in [-0.25, -0.2) is 14.5 Å². The molecule has 1 N–H and O–H groups in total. The first kappa shape index (κ1) is 17.5. The number of para-hydroxylation sites is 2. The Morgan fingerprint density at radius 3 is 2.89 bits per heavy atom. The van der Waals surface area contributed by atoms with E-state index in [1.807, 2.05) is 42.8 Å². The number of hydrogen-bond donors (Lipinski definition) is 1. The molecule has 1 amide bonds. The Labute approximate surface area is 156 Å².